The van der Waals surface area contributed by atoms with Crippen LogP contribution < -0.4 is 15.0 Å². The van der Waals surface area contributed by atoms with Crippen LogP contribution in [0.25, 0.3) is 10.9 Å². The Labute approximate surface area is 151 Å². The number of fused-ring (bicyclic) bond motifs is 1. The molecule has 134 valence electrons. The maximum atomic E-state index is 12.3. The van der Waals surface area contributed by atoms with E-state index in [1.54, 1.807) is 38.4 Å². The van der Waals surface area contributed by atoms with Gasteiger partial charge in [-0.3, -0.25) is 9.59 Å². The standard InChI is InChI=1S/C20H20N2O4/c1-22(19(23)13-26-16-6-4-3-5-7-16)12-15-10-14-8-9-17(25-2)11-18(14)21-20(15)24/h3-11H,12-13H2,1-2H3,(H,21,24). The van der Waals surface area contributed by atoms with Crippen molar-refractivity contribution >= 4 is 16.8 Å². The lowest BCUT2D eigenvalue weighted by Crippen LogP contribution is -2.33. The molecule has 2 aromatic carbocycles. The predicted molar refractivity (Wildman–Crippen MR) is 99.5 cm³/mol. The monoisotopic (exact) mass is 352 g/mol. The fourth-order valence-electron chi connectivity index (χ4n) is 2.59. The van der Waals surface area contributed by atoms with Crippen LogP contribution in [0.1, 0.15) is 5.56 Å². The minimum absolute atomic E-state index is 0.0802. The van der Waals surface area contributed by atoms with Gasteiger partial charge in [0.1, 0.15) is 11.5 Å². The number of aromatic nitrogens is 1. The Morgan fingerprint density at radius 3 is 2.58 bits per heavy atom. The number of carbonyl (C=O) groups excluding carboxylic acids is 1. The highest BCUT2D eigenvalue weighted by molar-refractivity contribution is 5.81. The lowest BCUT2D eigenvalue weighted by Gasteiger charge is -2.17. The van der Waals surface area contributed by atoms with Gasteiger partial charge in [-0.2, -0.15) is 0 Å². The number of ether oxygens (including phenoxy) is 2. The summed E-state index contributed by atoms with van der Waals surface area (Å²) < 4.78 is 10.6. The molecule has 1 heterocycles. The van der Waals surface area contributed by atoms with Crippen LogP contribution in [0.5, 0.6) is 11.5 Å². The van der Waals surface area contributed by atoms with Crippen LogP contribution in [0.4, 0.5) is 0 Å². The maximum Gasteiger partial charge on any atom is 0.260 e. The van der Waals surface area contributed by atoms with Gasteiger partial charge in [-0.25, -0.2) is 0 Å². The lowest BCUT2D eigenvalue weighted by molar-refractivity contribution is -0.132. The summed E-state index contributed by atoms with van der Waals surface area (Å²) in [5.74, 6) is 1.10. The van der Waals surface area contributed by atoms with Crippen molar-refractivity contribution in [3.05, 3.63) is 70.5 Å². The molecule has 0 radical (unpaired) electrons. The normalized spacial score (nSPS) is 10.5. The molecule has 0 fully saturated rings. The molecule has 1 amide bonds. The third-order valence-corrected chi connectivity index (χ3v) is 4.07. The summed E-state index contributed by atoms with van der Waals surface area (Å²) in [6.45, 7) is 0.123. The van der Waals surface area contributed by atoms with Crippen molar-refractivity contribution in [3.8, 4) is 11.5 Å². The van der Waals surface area contributed by atoms with E-state index in [1.165, 1.54) is 4.90 Å². The molecular formula is C20H20N2O4. The van der Waals surface area contributed by atoms with Crippen molar-refractivity contribution in [1.29, 1.82) is 0 Å². The predicted octanol–water partition coefficient (Wildman–Crippen LogP) is 2.57. The second-order valence-electron chi connectivity index (χ2n) is 5.93. The molecule has 26 heavy (non-hydrogen) atoms. The first kappa shape index (κ1) is 17.5. The van der Waals surface area contributed by atoms with Gasteiger partial charge >= 0.3 is 0 Å². The first-order valence-corrected chi connectivity index (χ1v) is 8.18. The van der Waals surface area contributed by atoms with Crippen molar-refractivity contribution in [2.24, 2.45) is 0 Å². The Balaban J connectivity index is 1.70. The van der Waals surface area contributed by atoms with Crippen LogP contribution in [-0.4, -0.2) is 36.6 Å². The molecule has 6 heteroatoms. The number of pyridine rings is 1. The van der Waals surface area contributed by atoms with E-state index in [0.717, 1.165) is 5.39 Å². The summed E-state index contributed by atoms with van der Waals surface area (Å²) in [5.41, 5.74) is 0.979. The van der Waals surface area contributed by atoms with Gasteiger partial charge in [0.05, 0.1) is 19.2 Å². The maximum absolute atomic E-state index is 12.3. The zero-order valence-corrected chi connectivity index (χ0v) is 14.7. The van der Waals surface area contributed by atoms with E-state index in [9.17, 15) is 9.59 Å². The van der Waals surface area contributed by atoms with Gasteiger partial charge in [-0.05, 0) is 35.7 Å². The Morgan fingerprint density at radius 2 is 1.85 bits per heavy atom. The number of methoxy groups -OCH3 is 1. The highest BCUT2D eigenvalue weighted by Crippen LogP contribution is 2.18. The number of hydrogen-bond acceptors (Lipinski definition) is 4. The largest absolute Gasteiger partial charge is 0.497 e. The van der Waals surface area contributed by atoms with Crippen LogP contribution in [0, 0.1) is 0 Å². The molecular weight excluding hydrogens is 332 g/mol. The molecule has 0 aliphatic heterocycles. The van der Waals surface area contributed by atoms with Crippen LogP contribution in [0.2, 0.25) is 0 Å². The van der Waals surface area contributed by atoms with Gasteiger partial charge in [0.2, 0.25) is 0 Å². The fraction of sp³-hybridized carbons (Fsp3) is 0.200. The second-order valence-corrected chi connectivity index (χ2v) is 5.93. The van der Waals surface area contributed by atoms with Crippen LogP contribution >= 0.6 is 0 Å². The number of nitrogens with one attached hydrogen (secondary N) is 1. The number of benzene rings is 2. The van der Waals surface area contributed by atoms with E-state index in [0.29, 0.717) is 22.6 Å². The number of carbonyl (C=O) groups is 1. The summed E-state index contributed by atoms with van der Waals surface area (Å²) >= 11 is 0. The van der Waals surface area contributed by atoms with Gasteiger partial charge in [-0.15, -0.1) is 0 Å². The smallest absolute Gasteiger partial charge is 0.260 e. The molecule has 0 saturated carbocycles. The third-order valence-electron chi connectivity index (χ3n) is 4.07. The molecule has 0 bridgehead atoms. The first-order valence-electron chi connectivity index (χ1n) is 8.18. The summed E-state index contributed by atoms with van der Waals surface area (Å²) in [6.07, 6.45) is 0. The SMILES string of the molecule is COc1ccc2cc(CN(C)C(=O)COc3ccccc3)c(=O)[nH]c2c1. The average Bonchev–Trinajstić information content (AvgIpc) is 2.67. The number of likely N-dealkylation sites (N-methyl/N-ethyl adjacent to an activating group) is 1. The van der Waals surface area contributed by atoms with Gasteiger partial charge in [0.25, 0.3) is 11.5 Å². The Bertz CT molecular complexity index is 966. The Hall–Kier alpha value is -3.28. The van der Waals surface area contributed by atoms with Crippen LogP contribution in [0.15, 0.2) is 59.4 Å². The zero-order valence-electron chi connectivity index (χ0n) is 14.7. The molecule has 0 aliphatic rings. The summed E-state index contributed by atoms with van der Waals surface area (Å²) in [6, 6.07) is 16.4. The van der Waals surface area contributed by atoms with E-state index < -0.39 is 0 Å². The number of rotatable bonds is 6. The highest BCUT2D eigenvalue weighted by atomic mass is 16.5. The van der Waals surface area contributed by atoms with Crippen molar-refractivity contribution in [3.63, 3.8) is 0 Å². The summed E-state index contributed by atoms with van der Waals surface area (Å²) in [4.78, 5) is 28.9. The molecule has 0 unspecified atom stereocenters. The number of aromatic amines is 1. The van der Waals surface area contributed by atoms with Gasteiger partial charge < -0.3 is 19.4 Å². The molecule has 3 aromatic rings. The number of hydrogen-bond donors (Lipinski definition) is 1. The highest BCUT2D eigenvalue weighted by Gasteiger charge is 2.13. The van der Waals surface area contributed by atoms with Crippen molar-refractivity contribution in [2.75, 3.05) is 20.8 Å². The van der Waals surface area contributed by atoms with E-state index in [1.807, 2.05) is 30.3 Å². The summed E-state index contributed by atoms with van der Waals surface area (Å²) in [5, 5.41) is 0.877. The van der Waals surface area contributed by atoms with E-state index in [4.69, 9.17) is 9.47 Å². The van der Waals surface area contributed by atoms with Gasteiger partial charge in [0.15, 0.2) is 6.61 Å². The van der Waals surface area contributed by atoms with Crippen molar-refractivity contribution in [1.82, 2.24) is 9.88 Å². The van der Waals surface area contributed by atoms with Crippen molar-refractivity contribution in [2.45, 2.75) is 6.54 Å². The first-order chi connectivity index (χ1) is 12.6. The minimum Gasteiger partial charge on any atom is -0.497 e. The summed E-state index contributed by atoms with van der Waals surface area (Å²) in [7, 11) is 3.22. The quantitative estimate of drug-likeness (QED) is 0.740. The molecule has 1 aromatic heterocycles. The molecule has 0 spiro atoms. The second kappa shape index (κ2) is 7.74. The zero-order chi connectivity index (χ0) is 18.5. The Kier molecular flexibility index (Phi) is 5.22. The number of H-pyrrole nitrogens is 1. The molecule has 6 nitrogen and oxygen atoms in total. The van der Waals surface area contributed by atoms with Gasteiger partial charge in [-0.1, -0.05) is 18.2 Å². The lowest BCUT2D eigenvalue weighted by atomic mass is 10.1. The molecule has 3 rings (SSSR count). The Morgan fingerprint density at radius 1 is 1.08 bits per heavy atom. The van der Waals surface area contributed by atoms with E-state index >= 15 is 0 Å². The number of nitrogens with zero attached hydrogens (tertiary/aromatic N) is 1. The fourth-order valence-corrected chi connectivity index (χ4v) is 2.59. The minimum atomic E-state index is -0.227. The molecule has 1 N–H and O–H groups in total. The third kappa shape index (κ3) is 4.03. The topological polar surface area (TPSA) is 71.6 Å². The molecule has 0 saturated heterocycles. The van der Waals surface area contributed by atoms with Crippen molar-refractivity contribution < 1.29 is 14.3 Å². The van der Waals surface area contributed by atoms with E-state index in [2.05, 4.69) is 4.98 Å². The number of para-hydroxylation sites is 1. The average molecular weight is 352 g/mol. The van der Waals surface area contributed by atoms with Crippen LogP contribution in [-0.2, 0) is 11.3 Å². The molecule has 0 aliphatic carbocycles. The van der Waals surface area contributed by atoms with Crippen LogP contribution in [0.3, 0.4) is 0 Å². The molecule has 0 atom stereocenters. The van der Waals surface area contributed by atoms with Gasteiger partial charge in [0, 0.05) is 18.7 Å². The number of amides is 1. The van der Waals surface area contributed by atoms with E-state index in [-0.39, 0.29) is 24.6 Å².